The summed E-state index contributed by atoms with van der Waals surface area (Å²) in [5, 5.41) is 0. The third-order valence-corrected chi connectivity index (χ3v) is 3.68. The van der Waals surface area contributed by atoms with Gasteiger partial charge in [-0.05, 0) is 26.0 Å². The van der Waals surface area contributed by atoms with Crippen molar-refractivity contribution in [2.45, 2.75) is 13.8 Å². The van der Waals surface area contributed by atoms with E-state index in [1.54, 1.807) is 72.8 Å². The van der Waals surface area contributed by atoms with Gasteiger partial charge in [-0.3, -0.25) is 0 Å². The van der Waals surface area contributed by atoms with Crippen molar-refractivity contribution in [3.05, 3.63) is 71.8 Å². The van der Waals surface area contributed by atoms with Crippen molar-refractivity contribution in [1.29, 1.82) is 0 Å². The Hall–Kier alpha value is -2.53. The van der Waals surface area contributed by atoms with Gasteiger partial charge >= 0.3 is 10.4 Å². The van der Waals surface area contributed by atoms with Crippen molar-refractivity contribution in [2.75, 3.05) is 0 Å². The molecule has 0 fully saturated rings. The Morgan fingerprint density at radius 2 is 1.13 bits per heavy atom. The van der Waals surface area contributed by atoms with E-state index < -0.39 is 10.4 Å². The lowest BCUT2D eigenvalue weighted by molar-refractivity contribution is 0.392. The van der Waals surface area contributed by atoms with Gasteiger partial charge in [0.15, 0.2) is 11.5 Å². The van der Waals surface area contributed by atoms with Crippen molar-refractivity contribution in [1.82, 2.24) is 0 Å². The van der Waals surface area contributed by atoms with Gasteiger partial charge in [-0.1, -0.05) is 60.7 Å². The molecule has 0 amide bonds. The van der Waals surface area contributed by atoms with Crippen LogP contribution < -0.4 is 8.37 Å². The molecule has 23 heavy (non-hydrogen) atoms. The first-order valence-corrected chi connectivity index (χ1v) is 8.46. The molecular weight excluding hydrogens is 312 g/mol. The standard InChI is InChI=1S/C18H18O4S/c1-3-9-15-11-5-7-13-17(15)21-23(19,20)22-18-14-8-6-12-16(18)10-4-2/h3-14H,1-2H3. The van der Waals surface area contributed by atoms with Gasteiger partial charge in [0.05, 0.1) is 0 Å². The predicted molar refractivity (Wildman–Crippen MR) is 92.5 cm³/mol. The molecule has 0 radical (unpaired) electrons. The maximum absolute atomic E-state index is 12.2. The molecular formula is C18H18O4S. The molecule has 0 atom stereocenters. The molecule has 2 aromatic carbocycles. The van der Waals surface area contributed by atoms with Gasteiger partial charge < -0.3 is 8.37 Å². The molecule has 0 spiro atoms. The number of allylic oxidation sites excluding steroid dienone is 2. The van der Waals surface area contributed by atoms with Crippen LogP contribution >= 0.6 is 0 Å². The Bertz CT molecular complexity index is 757. The fourth-order valence-corrected chi connectivity index (χ4v) is 2.76. The van der Waals surface area contributed by atoms with E-state index in [0.29, 0.717) is 11.1 Å². The van der Waals surface area contributed by atoms with Gasteiger partial charge in [-0.15, -0.1) is 8.42 Å². The van der Waals surface area contributed by atoms with E-state index in [-0.39, 0.29) is 11.5 Å². The lowest BCUT2D eigenvalue weighted by Crippen LogP contribution is -2.17. The first-order valence-electron chi connectivity index (χ1n) is 7.13. The second-order valence-electron chi connectivity index (χ2n) is 4.65. The van der Waals surface area contributed by atoms with Crippen LogP contribution in [-0.2, 0) is 10.4 Å². The Morgan fingerprint density at radius 1 is 0.739 bits per heavy atom. The van der Waals surface area contributed by atoms with Crippen LogP contribution in [0.4, 0.5) is 0 Å². The van der Waals surface area contributed by atoms with Crippen molar-refractivity contribution in [3.63, 3.8) is 0 Å². The molecule has 5 heteroatoms. The molecule has 0 heterocycles. The number of benzene rings is 2. The minimum atomic E-state index is -4.24. The zero-order chi connectivity index (χ0) is 16.7. The Balaban J connectivity index is 2.27. The summed E-state index contributed by atoms with van der Waals surface area (Å²) in [6, 6.07) is 13.7. The van der Waals surface area contributed by atoms with Gasteiger partial charge in [-0.2, -0.15) is 0 Å². The van der Waals surface area contributed by atoms with Gasteiger partial charge in [0.1, 0.15) is 0 Å². The molecule has 0 saturated carbocycles. The third kappa shape index (κ3) is 4.72. The lowest BCUT2D eigenvalue weighted by Gasteiger charge is -2.11. The summed E-state index contributed by atoms with van der Waals surface area (Å²) < 4.78 is 34.6. The summed E-state index contributed by atoms with van der Waals surface area (Å²) >= 11 is 0. The molecule has 4 nitrogen and oxygen atoms in total. The van der Waals surface area contributed by atoms with E-state index in [0.717, 1.165) is 0 Å². The molecule has 120 valence electrons. The topological polar surface area (TPSA) is 52.6 Å². The minimum Gasteiger partial charge on any atom is -0.352 e. The summed E-state index contributed by atoms with van der Waals surface area (Å²) in [5.74, 6) is 0.434. The maximum atomic E-state index is 12.2. The molecule has 2 rings (SSSR count). The molecule has 0 aromatic heterocycles. The normalized spacial score (nSPS) is 11.9. The fourth-order valence-electron chi connectivity index (χ4n) is 1.98. The minimum absolute atomic E-state index is 0.217. The molecule has 0 aliphatic carbocycles. The van der Waals surface area contributed by atoms with Crippen LogP contribution in [0, 0.1) is 0 Å². The van der Waals surface area contributed by atoms with E-state index in [9.17, 15) is 8.42 Å². The highest BCUT2D eigenvalue weighted by molar-refractivity contribution is 7.82. The molecule has 0 unspecified atom stereocenters. The van der Waals surface area contributed by atoms with Crippen LogP contribution in [0.1, 0.15) is 25.0 Å². The third-order valence-electron chi connectivity index (χ3n) is 2.91. The quantitative estimate of drug-likeness (QED) is 0.785. The second-order valence-corrected chi connectivity index (χ2v) is 5.80. The predicted octanol–water partition coefficient (Wildman–Crippen LogP) is 4.46. The van der Waals surface area contributed by atoms with E-state index in [1.807, 2.05) is 13.8 Å². The summed E-state index contributed by atoms with van der Waals surface area (Å²) in [4.78, 5) is 0. The average molecular weight is 330 g/mol. The SMILES string of the molecule is CC=Cc1ccccc1OS(=O)(=O)Oc1ccccc1C=CC. The van der Waals surface area contributed by atoms with Crippen LogP contribution in [0.15, 0.2) is 60.7 Å². The Labute approximate surface area is 137 Å². The smallest absolute Gasteiger partial charge is 0.352 e. The van der Waals surface area contributed by atoms with Gasteiger partial charge in [0.25, 0.3) is 0 Å². The molecule has 0 aliphatic heterocycles. The highest BCUT2D eigenvalue weighted by Gasteiger charge is 2.18. The van der Waals surface area contributed by atoms with E-state index in [4.69, 9.17) is 8.37 Å². The van der Waals surface area contributed by atoms with Gasteiger partial charge in [0.2, 0.25) is 0 Å². The molecule has 0 saturated heterocycles. The monoisotopic (exact) mass is 330 g/mol. The second kappa shape index (κ2) is 7.65. The zero-order valence-corrected chi connectivity index (χ0v) is 13.8. The Kier molecular flexibility index (Phi) is 5.60. The van der Waals surface area contributed by atoms with Crippen LogP contribution in [0.2, 0.25) is 0 Å². The van der Waals surface area contributed by atoms with Crippen molar-refractivity contribution >= 4 is 22.6 Å². The molecule has 0 bridgehead atoms. The van der Waals surface area contributed by atoms with Crippen molar-refractivity contribution in [2.24, 2.45) is 0 Å². The average Bonchev–Trinajstić information content (AvgIpc) is 2.51. The largest absolute Gasteiger partial charge is 0.501 e. The number of rotatable bonds is 6. The summed E-state index contributed by atoms with van der Waals surface area (Å²) in [5.41, 5.74) is 1.31. The molecule has 0 aliphatic rings. The molecule has 2 aromatic rings. The van der Waals surface area contributed by atoms with E-state index in [2.05, 4.69) is 0 Å². The highest BCUT2D eigenvalue weighted by atomic mass is 32.3. The highest BCUT2D eigenvalue weighted by Crippen LogP contribution is 2.25. The summed E-state index contributed by atoms with van der Waals surface area (Å²) in [6.45, 7) is 3.68. The van der Waals surface area contributed by atoms with Gasteiger partial charge in [-0.25, -0.2) is 0 Å². The van der Waals surface area contributed by atoms with Gasteiger partial charge in [0, 0.05) is 11.1 Å². The molecule has 0 N–H and O–H groups in total. The fraction of sp³-hybridized carbons (Fsp3) is 0.111. The van der Waals surface area contributed by atoms with E-state index in [1.165, 1.54) is 0 Å². The lowest BCUT2D eigenvalue weighted by atomic mass is 10.2. The van der Waals surface area contributed by atoms with Crippen LogP contribution in [0.5, 0.6) is 11.5 Å². The first-order chi connectivity index (χ1) is 11.1. The van der Waals surface area contributed by atoms with Crippen LogP contribution in [0.3, 0.4) is 0 Å². The maximum Gasteiger partial charge on any atom is 0.501 e. The van der Waals surface area contributed by atoms with Crippen LogP contribution in [0.25, 0.3) is 12.2 Å². The number of para-hydroxylation sites is 2. The zero-order valence-electron chi connectivity index (χ0n) is 13.0. The van der Waals surface area contributed by atoms with Crippen molar-refractivity contribution < 1.29 is 16.8 Å². The first kappa shape index (κ1) is 16.8. The van der Waals surface area contributed by atoms with E-state index >= 15 is 0 Å². The Morgan fingerprint density at radius 3 is 1.52 bits per heavy atom. The summed E-state index contributed by atoms with van der Waals surface area (Å²) in [7, 11) is -4.24. The van der Waals surface area contributed by atoms with Crippen LogP contribution in [-0.4, -0.2) is 8.42 Å². The number of hydrogen-bond donors (Lipinski definition) is 0. The van der Waals surface area contributed by atoms with Crippen molar-refractivity contribution in [3.8, 4) is 11.5 Å². The number of hydrogen-bond acceptors (Lipinski definition) is 4. The summed E-state index contributed by atoms with van der Waals surface area (Å²) in [6.07, 6.45) is 7.13.